The predicted molar refractivity (Wildman–Crippen MR) is 134 cm³/mol. The molecular weight excluding hydrogens is 405 g/mol. The van der Waals surface area contributed by atoms with E-state index in [0.717, 1.165) is 6.42 Å². The van der Waals surface area contributed by atoms with Crippen molar-refractivity contribution in [1.82, 2.24) is 0 Å². The van der Waals surface area contributed by atoms with Gasteiger partial charge < -0.3 is 0 Å². The first-order valence-electron chi connectivity index (χ1n) is 10.3. The summed E-state index contributed by atoms with van der Waals surface area (Å²) in [6.07, 6.45) is 6.36. The van der Waals surface area contributed by atoms with Crippen LogP contribution in [0.3, 0.4) is 0 Å². The fourth-order valence-electron chi connectivity index (χ4n) is 3.74. The normalized spacial score (nSPS) is 17.2. The van der Waals surface area contributed by atoms with Gasteiger partial charge in [-0.05, 0) is 68.7 Å². The molecule has 1 aliphatic rings. The van der Waals surface area contributed by atoms with Gasteiger partial charge in [0, 0.05) is 5.29 Å². The van der Waals surface area contributed by atoms with Crippen molar-refractivity contribution in [2.75, 3.05) is 6.16 Å². The highest BCUT2D eigenvalue weighted by molar-refractivity contribution is 8.24. The monoisotopic (exact) mass is 430 g/mol. The quantitative estimate of drug-likeness (QED) is 0.364. The molecule has 0 radical (unpaired) electrons. The van der Waals surface area contributed by atoms with Crippen LogP contribution in [0.25, 0.3) is 11.1 Å². The van der Waals surface area contributed by atoms with Gasteiger partial charge in [-0.1, -0.05) is 105 Å². The van der Waals surface area contributed by atoms with Gasteiger partial charge in [0.2, 0.25) is 0 Å². The molecule has 0 N–H and O–H groups in total. The molecule has 0 aromatic heterocycles. The Morgan fingerprint density at radius 3 is 1.79 bits per heavy atom. The summed E-state index contributed by atoms with van der Waals surface area (Å²) in [6, 6.07) is 33.1. The molecule has 0 atom stereocenters. The zero-order valence-corrected chi connectivity index (χ0v) is 19.2. The zero-order valence-electron chi connectivity index (χ0n) is 16.5. The lowest BCUT2D eigenvalue weighted by Gasteiger charge is -2.19. The molecule has 29 heavy (non-hydrogen) atoms. The van der Waals surface area contributed by atoms with Gasteiger partial charge in [0.15, 0.2) is 0 Å². The van der Waals surface area contributed by atoms with Gasteiger partial charge in [0.05, 0.1) is 0 Å². The summed E-state index contributed by atoms with van der Waals surface area (Å²) in [4.78, 5) is 0. The van der Waals surface area contributed by atoms with Crippen LogP contribution < -0.4 is 0 Å². The smallest absolute Gasteiger partial charge is 0.0220 e. The molecule has 3 heteroatoms. The molecule has 4 rings (SSSR count). The molecule has 0 saturated heterocycles. The van der Waals surface area contributed by atoms with E-state index in [0.29, 0.717) is 0 Å². The van der Waals surface area contributed by atoms with Crippen LogP contribution in [0, 0.1) is 0 Å². The number of benzene rings is 3. The lowest BCUT2D eigenvalue weighted by Crippen LogP contribution is -2.05. The summed E-state index contributed by atoms with van der Waals surface area (Å²) in [6.45, 7) is 0. The van der Waals surface area contributed by atoms with Crippen molar-refractivity contribution in [3.8, 4) is 0 Å². The minimum Gasteiger partial charge on any atom is -0.0664 e. The molecule has 144 valence electrons. The fourth-order valence-corrected chi connectivity index (χ4v) is 8.95. The van der Waals surface area contributed by atoms with Crippen LogP contribution in [-0.2, 0) is 0 Å². The third-order valence-electron chi connectivity index (χ3n) is 5.16. The average molecular weight is 430 g/mol. The second-order valence-corrected chi connectivity index (χ2v) is 12.3. The molecule has 0 spiro atoms. The van der Waals surface area contributed by atoms with Crippen molar-refractivity contribution in [2.24, 2.45) is 0 Å². The van der Waals surface area contributed by atoms with Gasteiger partial charge in [0.25, 0.3) is 0 Å². The van der Waals surface area contributed by atoms with Crippen molar-refractivity contribution < 1.29 is 0 Å². The van der Waals surface area contributed by atoms with E-state index in [9.17, 15) is 0 Å². The Bertz CT molecular complexity index is 1000. The number of hydrogen-bond donors (Lipinski definition) is 0. The average Bonchev–Trinajstić information content (AvgIpc) is 2.84. The maximum atomic E-state index is 2.29. The second kappa shape index (κ2) is 10.8. The first kappa shape index (κ1) is 20.4. The Kier molecular flexibility index (Phi) is 7.62. The van der Waals surface area contributed by atoms with Crippen molar-refractivity contribution in [1.29, 1.82) is 0 Å². The van der Waals surface area contributed by atoms with Gasteiger partial charge >= 0.3 is 0 Å². The number of hydrogen-bond acceptors (Lipinski definition) is 0. The molecule has 0 amide bonds. The Morgan fingerprint density at radius 2 is 1.14 bits per heavy atom. The van der Waals surface area contributed by atoms with Gasteiger partial charge in [-0.25, -0.2) is 0 Å². The van der Waals surface area contributed by atoms with Crippen molar-refractivity contribution in [3.63, 3.8) is 0 Å². The van der Waals surface area contributed by atoms with Crippen LogP contribution in [0.15, 0.2) is 91.0 Å². The first-order valence-corrected chi connectivity index (χ1v) is 14.6. The van der Waals surface area contributed by atoms with Crippen LogP contribution in [0.1, 0.15) is 42.4 Å². The molecule has 0 nitrogen and oxygen atoms in total. The molecule has 0 saturated carbocycles. The van der Waals surface area contributed by atoms with E-state index in [1.807, 2.05) is 0 Å². The third-order valence-corrected chi connectivity index (χ3v) is 10.4. The zero-order chi connectivity index (χ0) is 19.7. The third kappa shape index (κ3) is 5.41. The highest BCUT2D eigenvalue weighted by Gasteiger charge is 2.18. The maximum absolute atomic E-state index is 2.29. The number of allylic oxidation sites excluding steroid dienone is 2. The van der Waals surface area contributed by atoms with Crippen molar-refractivity contribution >= 4 is 39.8 Å². The van der Waals surface area contributed by atoms with Crippen LogP contribution in [0.5, 0.6) is 0 Å². The molecule has 0 unspecified atom stereocenters. The molecule has 0 fully saturated rings. The highest BCUT2D eigenvalue weighted by atomic mass is 32.2. The van der Waals surface area contributed by atoms with Crippen LogP contribution in [-0.4, -0.2) is 11.5 Å². The predicted octanol–water partition coefficient (Wildman–Crippen LogP) is 9.06. The molecule has 0 aliphatic carbocycles. The molecule has 3 aromatic rings. The summed E-state index contributed by atoms with van der Waals surface area (Å²) >= 11 is 0. The molecule has 1 aliphatic heterocycles. The van der Waals surface area contributed by atoms with Gasteiger partial charge in [-0.3, -0.25) is 0 Å². The van der Waals surface area contributed by atoms with Crippen molar-refractivity contribution in [3.05, 3.63) is 108 Å². The molecule has 3 aromatic carbocycles. The van der Waals surface area contributed by atoms with Gasteiger partial charge in [-0.15, -0.1) is 0 Å². The minimum atomic E-state index is 1.13. The minimum absolute atomic E-state index is 1.13. The Balaban J connectivity index is 2.01. The molecule has 1 heterocycles. The molecule has 0 bridgehead atoms. The summed E-state index contributed by atoms with van der Waals surface area (Å²) < 4.78 is 0. The van der Waals surface area contributed by atoms with Crippen LogP contribution >= 0.6 is 23.3 Å². The van der Waals surface area contributed by atoms with Crippen LogP contribution in [0.4, 0.5) is 0 Å². The molecular formula is C26H25P3. The second-order valence-electron chi connectivity index (χ2n) is 7.17. The first-order chi connectivity index (χ1) is 14.4. The Labute approximate surface area is 179 Å². The summed E-state index contributed by atoms with van der Waals surface area (Å²) in [5.41, 5.74) is 6.99. The van der Waals surface area contributed by atoms with E-state index < -0.39 is 0 Å². The standard InChI is InChI=1S/C26H25P3/c1-5-13-21(14-6-1)24-19-11-4-12-20-27-29-28-26(23-17-9-3-10-18-23)25(24)22-15-7-2-8-16-22/h1-3,5-10,13-18H,4,11-12,19-20H2. The fraction of sp³-hybridized carbons (Fsp3) is 0.192. The van der Waals surface area contributed by atoms with Crippen molar-refractivity contribution in [2.45, 2.75) is 25.7 Å². The lowest BCUT2D eigenvalue weighted by molar-refractivity contribution is 0.741. The van der Waals surface area contributed by atoms with E-state index in [4.69, 9.17) is 0 Å². The number of rotatable bonds is 3. The van der Waals surface area contributed by atoms with E-state index in [1.165, 1.54) is 74.0 Å². The van der Waals surface area contributed by atoms with Gasteiger partial charge in [-0.2, -0.15) is 0 Å². The van der Waals surface area contributed by atoms with E-state index >= 15 is 0 Å². The summed E-state index contributed by atoms with van der Waals surface area (Å²) in [5, 5.41) is 1.46. The summed E-state index contributed by atoms with van der Waals surface area (Å²) in [7, 11) is 4.44. The Hall–Kier alpha value is -1.83. The topological polar surface area (TPSA) is 0 Å². The van der Waals surface area contributed by atoms with E-state index in [1.54, 1.807) is 7.87 Å². The maximum Gasteiger partial charge on any atom is 0.0220 e. The summed E-state index contributed by atoms with van der Waals surface area (Å²) in [5.74, 6) is 0. The van der Waals surface area contributed by atoms with Gasteiger partial charge in [0.1, 0.15) is 0 Å². The van der Waals surface area contributed by atoms with E-state index in [-0.39, 0.29) is 0 Å². The Morgan fingerprint density at radius 1 is 0.552 bits per heavy atom. The largest absolute Gasteiger partial charge is 0.0664 e. The van der Waals surface area contributed by atoms with Crippen LogP contribution in [0.2, 0.25) is 0 Å². The SMILES string of the molecule is c1ccc(C2=PP=PCCCCCC(c3ccccc3)=C2c2ccccc2)cc1. The van der Waals surface area contributed by atoms with E-state index in [2.05, 4.69) is 91.0 Å². The highest BCUT2D eigenvalue weighted by Crippen LogP contribution is 2.41. The lowest BCUT2D eigenvalue weighted by atomic mass is 9.87.